The van der Waals surface area contributed by atoms with Crippen molar-refractivity contribution < 1.29 is 18.5 Å². The third-order valence-corrected chi connectivity index (χ3v) is 3.13. The van der Waals surface area contributed by atoms with Crippen LogP contribution in [-0.2, 0) is 10.0 Å². The van der Waals surface area contributed by atoms with Gasteiger partial charge in [-0.1, -0.05) is 13.8 Å². The lowest BCUT2D eigenvalue weighted by Gasteiger charge is -2.04. The molecule has 0 aromatic carbocycles. The molecular weight excluding hydrogens is 217 g/mol. The molecule has 0 radical (unpaired) electrons. The van der Waals surface area contributed by atoms with Crippen molar-refractivity contribution in [2.45, 2.75) is 19.8 Å². The Bertz CT molecular complexity index is 424. The standard InChI is InChI=1S/C8H14BNO4S/c1-6(2)7-4-10(15(3,13)14)5-8(7)9(11)12/h4-6,11-12H,1-3H3. The molecule has 0 atom stereocenters. The summed E-state index contributed by atoms with van der Waals surface area (Å²) in [5.74, 6) is 0.0322. The number of hydrogen-bond acceptors (Lipinski definition) is 4. The van der Waals surface area contributed by atoms with Crippen LogP contribution in [0.2, 0.25) is 0 Å². The maximum atomic E-state index is 11.2. The number of rotatable bonds is 3. The van der Waals surface area contributed by atoms with Crippen LogP contribution < -0.4 is 5.46 Å². The van der Waals surface area contributed by atoms with Crippen LogP contribution in [0.1, 0.15) is 25.3 Å². The zero-order chi connectivity index (χ0) is 11.8. The quantitative estimate of drug-likeness (QED) is 0.660. The van der Waals surface area contributed by atoms with E-state index in [0.717, 1.165) is 10.2 Å². The average Bonchev–Trinajstić information content (AvgIpc) is 2.45. The second kappa shape index (κ2) is 4.00. The second-order valence-corrected chi connectivity index (χ2v) is 5.68. The fourth-order valence-electron chi connectivity index (χ4n) is 1.35. The Balaban J connectivity index is 3.34. The zero-order valence-corrected chi connectivity index (χ0v) is 9.69. The Morgan fingerprint density at radius 2 is 1.87 bits per heavy atom. The summed E-state index contributed by atoms with van der Waals surface area (Å²) >= 11 is 0. The van der Waals surface area contributed by atoms with Crippen molar-refractivity contribution in [2.24, 2.45) is 0 Å². The molecule has 1 rings (SSSR count). The van der Waals surface area contributed by atoms with Gasteiger partial charge in [-0.3, -0.25) is 3.97 Å². The Morgan fingerprint density at radius 1 is 1.33 bits per heavy atom. The molecular formula is C8H14BNO4S. The topological polar surface area (TPSA) is 79.5 Å². The molecule has 0 aliphatic rings. The summed E-state index contributed by atoms with van der Waals surface area (Å²) in [7, 11) is -5.02. The lowest BCUT2D eigenvalue weighted by Crippen LogP contribution is -2.32. The summed E-state index contributed by atoms with van der Waals surface area (Å²) in [4.78, 5) is 0. The molecule has 15 heavy (non-hydrogen) atoms. The summed E-state index contributed by atoms with van der Waals surface area (Å²) in [5, 5.41) is 18.2. The van der Waals surface area contributed by atoms with Crippen LogP contribution in [0, 0.1) is 0 Å². The van der Waals surface area contributed by atoms with Gasteiger partial charge in [-0.25, -0.2) is 8.42 Å². The third kappa shape index (κ3) is 2.61. The molecule has 2 N–H and O–H groups in total. The van der Waals surface area contributed by atoms with Crippen molar-refractivity contribution in [3.05, 3.63) is 18.0 Å². The minimum atomic E-state index is -3.38. The molecule has 84 valence electrons. The summed E-state index contributed by atoms with van der Waals surface area (Å²) in [6.45, 7) is 3.71. The molecule has 1 aromatic rings. The highest BCUT2D eigenvalue weighted by atomic mass is 32.2. The van der Waals surface area contributed by atoms with E-state index in [-0.39, 0.29) is 11.4 Å². The third-order valence-electron chi connectivity index (χ3n) is 2.15. The molecule has 0 saturated heterocycles. The minimum absolute atomic E-state index is 0.0322. The van der Waals surface area contributed by atoms with E-state index in [0.29, 0.717) is 5.56 Å². The first-order valence-electron chi connectivity index (χ1n) is 4.52. The maximum Gasteiger partial charge on any atom is 0.490 e. The Hall–Kier alpha value is -0.785. The molecule has 1 heterocycles. The largest absolute Gasteiger partial charge is 0.490 e. The lowest BCUT2D eigenvalue weighted by molar-refractivity contribution is 0.425. The molecule has 7 heteroatoms. The predicted octanol–water partition coefficient (Wildman–Crippen LogP) is -0.901. The summed E-state index contributed by atoms with van der Waals surface area (Å²) < 4.78 is 23.5. The number of nitrogens with zero attached hydrogens (tertiary/aromatic N) is 1. The zero-order valence-electron chi connectivity index (χ0n) is 8.88. The van der Waals surface area contributed by atoms with Gasteiger partial charge in [-0.05, 0) is 11.5 Å². The first-order chi connectivity index (χ1) is 6.73. The highest BCUT2D eigenvalue weighted by molar-refractivity contribution is 7.89. The van der Waals surface area contributed by atoms with E-state index >= 15 is 0 Å². The van der Waals surface area contributed by atoms with E-state index < -0.39 is 17.1 Å². The van der Waals surface area contributed by atoms with Crippen LogP contribution in [0.15, 0.2) is 12.4 Å². The first kappa shape index (κ1) is 12.3. The van der Waals surface area contributed by atoms with Crippen molar-refractivity contribution in [2.75, 3.05) is 6.26 Å². The molecule has 0 aliphatic carbocycles. The monoisotopic (exact) mass is 231 g/mol. The predicted molar refractivity (Wildman–Crippen MR) is 58.6 cm³/mol. The van der Waals surface area contributed by atoms with E-state index in [1.165, 1.54) is 12.4 Å². The Kier molecular flexibility index (Phi) is 3.27. The lowest BCUT2D eigenvalue weighted by atomic mass is 9.77. The number of aromatic nitrogens is 1. The van der Waals surface area contributed by atoms with Crippen LogP contribution >= 0.6 is 0 Å². The van der Waals surface area contributed by atoms with Crippen LogP contribution in [0.25, 0.3) is 0 Å². The number of hydrogen-bond donors (Lipinski definition) is 2. The van der Waals surface area contributed by atoms with E-state index in [9.17, 15) is 8.42 Å². The van der Waals surface area contributed by atoms with E-state index in [4.69, 9.17) is 10.0 Å². The molecule has 0 amide bonds. The van der Waals surface area contributed by atoms with Crippen molar-refractivity contribution in [1.29, 1.82) is 0 Å². The second-order valence-electron chi connectivity index (χ2n) is 3.79. The average molecular weight is 231 g/mol. The van der Waals surface area contributed by atoms with E-state index in [2.05, 4.69) is 0 Å². The normalized spacial score (nSPS) is 12.1. The van der Waals surface area contributed by atoms with Crippen LogP contribution in [-0.4, -0.2) is 35.8 Å². The minimum Gasteiger partial charge on any atom is -0.423 e. The highest BCUT2D eigenvalue weighted by Crippen LogP contribution is 2.13. The van der Waals surface area contributed by atoms with Crippen LogP contribution in [0.5, 0.6) is 0 Å². The molecule has 0 aliphatic heterocycles. The van der Waals surface area contributed by atoms with Crippen molar-refractivity contribution in [1.82, 2.24) is 3.97 Å². The molecule has 0 spiro atoms. The van der Waals surface area contributed by atoms with E-state index in [1.807, 2.05) is 13.8 Å². The molecule has 0 bridgehead atoms. The first-order valence-corrected chi connectivity index (χ1v) is 6.36. The SMILES string of the molecule is CC(C)c1cn(S(C)(=O)=O)cc1B(O)O. The summed E-state index contributed by atoms with van der Waals surface area (Å²) in [5.41, 5.74) is 0.853. The van der Waals surface area contributed by atoms with Gasteiger partial charge >= 0.3 is 7.12 Å². The Labute approximate surface area is 89.6 Å². The maximum absolute atomic E-state index is 11.2. The van der Waals surface area contributed by atoms with Gasteiger partial charge in [0.2, 0.25) is 10.0 Å². The molecule has 1 aromatic heterocycles. The summed E-state index contributed by atoms with van der Waals surface area (Å²) in [6.07, 6.45) is 3.70. The fraction of sp³-hybridized carbons (Fsp3) is 0.500. The van der Waals surface area contributed by atoms with Gasteiger partial charge in [0.15, 0.2) is 0 Å². The van der Waals surface area contributed by atoms with Gasteiger partial charge in [0.1, 0.15) is 0 Å². The van der Waals surface area contributed by atoms with Crippen molar-refractivity contribution in [3.63, 3.8) is 0 Å². The molecule has 0 saturated carbocycles. The van der Waals surface area contributed by atoms with Crippen molar-refractivity contribution in [3.8, 4) is 0 Å². The van der Waals surface area contributed by atoms with Gasteiger partial charge < -0.3 is 10.0 Å². The van der Waals surface area contributed by atoms with Gasteiger partial charge in [0.25, 0.3) is 0 Å². The Morgan fingerprint density at radius 3 is 2.13 bits per heavy atom. The fourth-order valence-corrected chi connectivity index (χ4v) is 1.96. The smallest absolute Gasteiger partial charge is 0.423 e. The highest BCUT2D eigenvalue weighted by Gasteiger charge is 2.22. The molecule has 0 unspecified atom stereocenters. The molecule has 5 nitrogen and oxygen atoms in total. The van der Waals surface area contributed by atoms with Gasteiger partial charge in [0, 0.05) is 17.9 Å². The van der Waals surface area contributed by atoms with E-state index in [1.54, 1.807) is 0 Å². The van der Waals surface area contributed by atoms with Gasteiger partial charge in [-0.15, -0.1) is 0 Å². The van der Waals surface area contributed by atoms with Crippen LogP contribution in [0.3, 0.4) is 0 Å². The molecule has 0 fully saturated rings. The van der Waals surface area contributed by atoms with Gasteiger partial charge in [0.05, 0.1) is 6.26 Å². The van der Waals surface area contributed by atoms with Crippen LogP contribution in [0.4, 0.5) is 0 Å². The van der Waals surface area contributed by atoms with Crippen molar-refractivity contribution >= 4 is 22.6 Å². The summed E-state index contributed by atoms with van der Waals surface area (Å²) in [6, 6.07) is 0. The van der Waals surface area contributed by atoms with Gasteiger partial charge in [-0.2, -0.15) is 0 Å².